The molecule has 3 nitrogen and oxygen atoms in total. The summed E-state index contributed by atoms with van der Waals surface area (Å²) in [7, 11) is 0. The second-order valence-corrected chi connectivity index (χ2v) is 5.77. The highest BCUT2D eigenvalue weighted by atomic mass is 19.4. The number of hydrogen-bond donors (Lipinski definition) is 1. The summed E-state index contributed by atoms with van der Waals surface area (Å²) in [6, 6.07) is 19.0. The number of amides is 1. The van der Waals surface area contributed by atoms with Crippen molar-refractivity contribution in [1.29, 1.82) is 5.26 Å². The quantitative estimate of drug-likeness (QED) is 0.498. The fraction of sp³-hybridized carbons (Fsp3) is 0.0476. The van der Waals surface area contributed by atoms with E-state index in [0.717, 1.165) is 22.9 Å². The molecule has 0 aliphatic heterocycles. The summed E-state index contributed by atoms with van der Waals surface area (Å²) in [5, 5.41) is 13.5. The van der Waals surface area contributed by atoms with E-state index < -0.39 is 17.6 Å². The van der Waals surface area contributed by atoms with Gasteiger partial charge in [0.25, 0.3) is 5.91 Å². The van der Waals surface area contributed by atoms with Crippen molar-refractivity contribution in [2.45, 2.75) is 6.18 Å². The molecule has 3 aromatic rings. The molecule has 134 valence electrons. The Morgan fingerprint density at radius 2 is 1.70 bits per heavy atom. The van der Waals surface area contributed by atoms with Crippen molar-refractivity contribution in [2.24, 2.45) is 0 Å². The van der Waals surface area contributed by atoms with Crippen LogP contribution in [0.15, 0.2) is 72.3 Å². The maximum absolute atomic E-state index is 12.8. The Morgan fingerprint density at radius 3 is 2.44 bits per heavy atom. The molecule has 0 fully saturated rings. The van der Waals surface area contributed by atoms with Gasteiger partial charge in [-0.1, -0.05) is 48.5 Å². The molecule has 0 aliphatic rings. The van der Waals surface area contributed by atoms with Gasteiger partial charge in [-0.3, -0.25) is 4.79 Å². The molecule has 1 amide bonds. The Bertz CT molecular complexity index is 1070. The fourth-order valence-electron chi connectivity index (χ4n) is 2.65. The topological polar surface area (TPSA) is 52.9 Å². The minimum absolute atomic E-state index is 0.0334. The van der Waals surface area contributed by atoms with Crippen LogP contribution in [0.1, 0.15) is 11.1 Å². The standard InChI is InChI=1S/C21H13F3N2O/c22-21(23,24)17-8-4-9-18(12-17)26-20(27)16(13-25)11-15-7-3-6-14-5-1-2-10-19(14)15/h1-12H,(H,26,27)/b16-11+. The van der Waals surface area contributed by atoms with E-state index in [1.807, 2.05) is 30.3 Å². The van der Waals surface area contributed by atoms with E-state index in [1.165, 1.54) is 18.2 Å². The van der Waals surface area contributed by atoms with Crippen LogP contribution in [-0.4, -0.2) is 5.91 Å². The van der Waals surface area contributed by atoms with Crippen molar-refractivity contribution in [1.82, 2.24) is 0 Å². The van der Waals surface area contributed by atoms with Crippen LogP contribution in [0.3, 0.4) is 0 Å². The lowest BCUT2D eigenvalue weighted by atomic mass is 10.0. The molecule has 3 rings (SSSR count). The van der Waals surface area contributed by atoms with Gasteiger partial charge in [0.2, 0.25) is 0 Å². The monoisotopic (exact) mass is 366 g/mol. The molecule has 0 aromatic heterocycles. The van der Waals surface area contributed by atoms with Crippen LogP contribution in [0.4, 0.5) is 18.9 Å². The first-order chi connectivity index (χ1) is 12.9. The van der Waals surface area contributed by atoms with Crippen LogP contribution in [0.5, 0.6) is 0 Å². The Hall–Kier alpha value is -3.59. The highest BCUT2D eigenvalue weighted by Crippen LogP contribution is 2.30. The molecule has 27 heavy (non-hydrogen) atoms. The van der Waals surface area contributed by atoms with Crippen LogP contribution in [-0.2, 0) is 11.0 Å². The summed E-state index contributed by atoms with van der Waals surface area (Å²) in [5.74, 6) is -0.773. The summed E-state index contributed by atoms with van der Waals surface area (Å²) in [5.41, 5.74) is -0.446. The van der Waals surface area contributed by atoms with E-state index in [1.54, 1.807) is 18.2 Å². The van der Waals surface area contributed by atoms with E-state index in [-0.39, 0.29) is 11.3 Å². The number of hydrogen-bond acceptors (Lipinski definition) is 2. The van der Waals surface area contributed by atoms with Crippen LogP contribution < -0.4 is 5.32 Å². The van der Waals surface area contributed by atoms with Gasteiger partial charge in [0.15, 0.2) is 0 Å². The molecule has 0 atom stereocenters. The van der Waals surface area contributed by atoms with Crippen molar-refractivity contribution < 1.29 is 18.0 Å². The van der Waals surface area contributed by atoms with Crippen LogP contribution >= 0.6 is 0 Å². The average molecular weight is 366 g/mol. The van der Waals surface area contributed by atoms with Gasteiger partial charge in [-0.05, 0) is 40.6 Å². The Labute approximate surface area is 153 Å². The normalized spacial score (nSPS) is 11.9. The number of benzene rings is 3. The van der Waals surface area contributed by atoms with Gasteiger partial charge in [0.1, 0.15) is 11.6 Å². The molecule has 6 heteroatoms. The second-order valence-electron chi connectivity index (χ2n) is 5.77. The van der Waals surface area contributed by atoms with Crippen molar-refractivity contribution in [3.05, 3.63) is 83.4 Å². The summed E-state index contributed by atoms with van der Waals surface area (Å²) in [6.45, 7) is 0. The number of nitrogens with one attached hydrogen (secondary N) is 1. The molecule has 3 aromatic carbocycles. The molecular weight excluding hydrogens is 353 g/mol. The summed E-state index contributed by atoms with van der Waals surface area (Å²) in [6.07, 6.45) is -3.09. The Balaban J connectivity index is 1.91. The van der Waals surface area contributed by atoms with Crippen molar-refractivity contribution in [3.63, 3.8) is 0 Å². The van der Waals surface area contributed by atoms with Gasteiger partial charge in [0, 0.05) is 5.69 Å². The van der Waals surface area contributed by atoms with E-state index in [4.69, 9.17) is 0 Å². The zero-order valence-corrected chi connectivity index (χ0v) is 13.9. The van der Waals surface area contributed by atoms with Gasteiger partial charge in [-0.15, -0.1) is 0 Å². The fourth-order valence-corrected chi connectivity index (χ4v) is 2.65. The van der Waals surface area contributed by atoms with E-state index in [9.17, 15) is 23.2 Å². The molecule has 0 saturated carbocycles. The summed E-state index contributed by atoms with van der Waals surface area (Å²) < 4.78 is 38.4. The molecule has 1 N–H and O–H groups in total. The zero-order chi connectivity index (χ0) is 19.4. The number of carbonyl (C=O) groups is 1. The number of nitrogens with zero attached hydrogens (tertiary/aromatic N) is 1. The Morgan fingerprint density at radius 1 is 1.00 bits per heavy atom. The first kappa shape index (κ1) is 18.2. The average Bonchev–Trinajstić information content (AvgIpc) is 2.65. The van der Waals surface area contributed by atoms with Crippen molar-refractivity contribution >= 4 is 28.4 Å². The highest BCUT2D eigenvalue weighted by Gasteiger charge is 2.30. The lowest BCUT2D eigenvalue weighted by molar-refractivity contribution is -0.137. The minimum atomic E-state index is -4.52. The number of alkyl halides is 3. The van der Waals surface area contributed by atoms with E-state index in [0.29, 0.717) is 5.56 Å². The first-order valence-corrected chi connectivity index (χ1v) is 7.96. The van der Waals surface area contributed by atoms with Crippen LogP contribution in [0.25, 0.3) is 16.8 Å². The van der Waals surface area contributed by atoms with Gasteiger partial charge in [-0.2, -0.15) is 18.4 Å². The maximum atomic E-state index is 12.8. The van der Waals surface area contributed by atoms with Crippen LogP contribution in [0.2, 0.25) is 0 Å². The molecule has 0 spiro atoms. The summed E-state index contributed by atoms with van der Waals surface area (Å²) in [4.78, 5) is 12.4. The van der Waals surface area contributed by atoms with Gasteiger partial charge >= 0.3 is 6.18 Å². The van der Waals surface area contributed by atoms with Crippen LogP contribution in [0, 0.1) is 11.3 Å². The molecule has 0 bridgehead atoms. The molecule has 0 unspecified atom stereocenters. The third-order valence-corrected chi connectivity index (χ3v) is 3.94. The van der Waals surface area contributed by atoms with E-state index >= 15 is 0 Å². The first-order valence-electron chi connectivity index (χ1n) is 7.96. The van der Waals surface area contributed by atoms with E-state index in [2.05, 4.69) is 5.32 Å². The number of rotatable bonds is 3. The maximum Gasteiger partial charge on any atom is 0.416 e. The highest BCUT2D eigenvalue weighted by molar-refractivity contribution is 6.10. The molecule has 0 radical (unpaired) electrons. The SMILES string of the molecule is N#C/C(=C\c1cccc2ccccc12)C(=O)Nc1cccc(C(F)(F)F)c1. The predicted octanol–water partition coefficient (Wildman–Crippen LogP) is 5.40. The molecule has 0 aliphatic carbocycles. The lowest BCUT2D eigenvalue weighted by Crippen LogP contribution is -2.14. The predicted molar refractivity (Wildman–Crippen MR) is 97.6 cm³/mol. The number of fused-ring (bicyclic) bond motifs is 1. The zero-order valence-electron chi connectivity index (χ0n) is 13.9. The second kappa shape index (κ2) is 7.34. The third kappa shape index (κ3) is 4.15. The number of halogens is 3. The minimum Gasteiger partial charge on any atom is -0.321 e. The smallest absolute Gasteiger partial charge is 0.321 e. The van der Waals surface area contributed by atoms with Gasteiger partial charge < -0.3 is 5.32 Å². The van der Waals surface area contributed by atoms with Crippen molar-refractivity contribution in [2.75, 3.05) is 5.32 Å². The third-order valence-electron chi connectivity index (χ3n) is 3.94. The lowest BCUT2D eigenvalue weighted by Gasteiger charge is -2.09. The number of anilines is 1. The molecule has 0 heterocycles. The largest absolute Gasteiger partial charge is 0.416 e. The summed E-state index contributed by atoms with van der Waals surface area (Å²) >= 11 is 0. The number of carbonyl (C=O) groups excluding carboxylic acids is 1. The molecule has 0 saturated heterocycles. The molecular formula is C21H13F3N2O. The van der Waals surface area contributed by atoms with Gasteiger partial charge in [-0.25, -0.2) is 0 Å². The van der Waals surface area contributed by atoms with Gasteiger partial charge in [0.05, 0.1) is 5.56 Å². The Kier molecular flexibility index (Phi) is 4.95. The van der Waals surface area contributed by atoms with Crippen molar-refractivity contribution in [3.8, 4) is 6.07 Å². The number of nitriles is 1.